The van der Waals surface area contributed by atoms with Gasteiger partial charge in [0.1, 0.15) is 0 Å². The van der Waals surface area contributed by atoms with Crippen LogP contribution in [0.5, 0.6) is 0 Å². The molecule has 0 unspecified atom stereocenters. The third-order valence-corrected chi connectivity index (χ3v) is 2.47. The quantitative estimate of drug-likeness (QED) is 0.471. The van der Waals surface area contributed by atoms with E-state index in [2.05, 4.69) is 17.9 Å². The van der Waals surface area contributed by atoms with Crippen LogP contribution < -0.4 is 0 Å². The van der Waals surface area contributed by atoms with Crippen LogP contribution in [-0.4, -0.2) is 11.6 Å². The van der Waals surface area contributed by atoms with E-state index in [1.165, 1.54) is 12.5 Å². The minimum atomic E-state index is -0.466. The number of Topliss-reactive ketones (excluding diaryl/α,β-unsaturated/α-hetero) is 2. The van der Waals surface area contributed by atoms with Crippen molar-refractivity contribution in [2.75, 3.05) is 0 Å². The van der Waals surface area contributed by atoms with E-state index in [0.717, 1.165) is 0 Å². The molecule has 0 amide bonds. The van der Waals surface area contributed by atoms with Crippen LogP contribution in [0.25, 0.3) is 0 Å². The second kappa shape index (κ2) is 9.04. The highest BCUT2D eigenvalue weighted by atomic mass is 16.5. The second-order valence-electron chi connectivity index (χ2n) is 3.86. The summed E-state index contributed by atoms with van der Waals surface area (Å²) in [5.41, 5.74) is 0.854. The number of ketones is 2. The molecule has 0 saturated heterocycles. The van der Waals surface area contributed by atoms with Gasteiger partial charge in [0, 0.05) is 11.1 Å². The van der Waals surface area contributed by atoms with Crippen LogP contribution in [0.3, 0.4) is 0 Å². The summed E-state index contributed by atoms with van der Waals surface area (Å²) in [6.07, 6.45) is 2.62. The molecule has 2 rings (SSSR count). The molecule has 3 nitrogen and oxygen atoms in total. The molecule has 0 bridgehead atoms. The third kappa shape index (κ3) is 5.28. The van der Waals surface area contributed by atoms with E-state index in [-0.39, 0.29) is 0 Å². The lowest BCUT2D eigenvalue weighted by molar-refractivity contribution is 0.0817. The van der Waals surface area contributed by atoms with Crippen molar-refractivity contribution in [2.24, 2.45) is 0 Å². The van der Waals surface area contributed by atoms with Crippen molar-refractivity contribution in [2.45, 2.75) is 0 Å². The summed E-state index contributed by atoms with van der Waals surface area (Å²) >= 11 is 0. The van der Waals surface area contributed by atoms with Crippen LogP contribution >= 0.6 is 0 Å². The first kappa shape index (κ1) is 16.1. The van der Waals surface area contributed by atoms with Crippen molar-refractivity contribution in [3.05, 3.63) is 97.5 Å². The van der Waals surface area contributed by atoms with Crippen LogP contribution in [0, 0.1) is 0 Å². The molecule has 0 spiro atoms. The molecule has 2 aromatic carbocycles. The number of carbonyl (C=O) groups excluding carboxylic acids is 2. The van der Waals surface area contributed by atoms with E-state index in [1.807, 2.05) is 12.1 Å². The molecule has 0 N–H and O–H groups in total. The lowest BCUT2D eigenvalue weighted by Gasteiger charge is -1.99. The van der Waals surface area contributed by atoms with E-state index >= 15 is 0 Å². The topological polar surface area (TPSA) is 43.4 Å². The van der Waals surface area contributed by atoms with Crippen molar-refractivity contribution >= 4 is 11.6 Å². The van der Waals surface area contributed by atoms with Crippen LogP contribution in [0.4, 0.5) is 0 Å². The molecule has 0 aromatic heterocycles. The summed E-state index contributed by atoms with van der Waals surface area (Å²) in [5, 5.41) is 0. The molecular formula is C18H16O3. The van der Waals surface area contributed by atoms with Crippen molar-refractivity contribution in [3.63, 3.8) is 0 Å². The Morgan fingerprint density at radius 3 is 1.29 bits per heavy atom. The van der Waals surface area contributed by atoms with Gasteiger partial charge < -0.3 is 4.74 Å². The molecule has 0 aliphatic heterocycles. The summed E-state index contributed by atoms with van der Waals surface area (Å²) in [7, 11) is 0. The number of hydrogen-bond acceptors (Lipinski definition) is 3. The first-order valence-corrected chi connectivity index (χ1v) is 6.27. The number of benzene rings is 2. The van der Waals surface area contributed by atoms with Gasteiger partial charge in [-0.3, -0.25) is 9.59 Å². The van der Waals surface area contributed by atoms with Gasteiger partial charge in [-0.1, -0.05) is 73.8 Å². The zero-order chi connectivity index (χ0) is 15.5. The lowest BCUT2D eigenvalue weighted by atomic mass is 10.0. The maximum absolute atomic E-state index is 11.8. The summed E-state index contributed by atoms with van der Waals surface area (Å²) in [4.78, 5) is 23.6. The summed E-state index contributed by atoms with van der Waals surface area (Å²) in [6.45, 7) is 6.51. The highest BCUT2D eigenvalue weighted by Crippen LogP contribution is 2.07. The molecule has 2 aromatic rings. The van der Waals surface area contributed by atoms with E-state index in [4.69, 9.17) is 0 Å². The lowest BCUT2D eigenvalue weighted by Crippen LogP contribution is -2.14. The number of rotatable bonds is 5. The molecule has 0 aliphatic carbocycles. The van der Waals surface area contributed by atoms with Crippen LogP contribution in [0.2, 0.25) is 0 Å². The van der Waals surface area contributed by atoms with Crippen LogP contribution in [0.15, 0.2) is 86.3 Å². The Morgan fingerprint density at radius 2 is 1.05 bits per heavy atom. The summed E-state index contributed by atoms with van der Waals surface area (Å²) in [6, 6.07) is 17.2. The minimum absolute atomic E-state index is 0.427. The molecular weight excluding hydrogens is 264 g/mol. The Kier molecular flexibility index (Phi) is 6.94. The molecule has 0 aliphatic rings. The molecule has 0 fully saturated rings. The predicted molar refractivity (Wildman–Crippen MR) is 83.0 cm³/mol. The van der Waals surface area contributed by atoms with Gasteiger partial charge in [0.05, 0.1) is 12.5 Å². The number of ether oxygens (including phenoxy) is 1. The van der Waals surface area contributed by atoms with Crippen molar-refractivity contribution in [1.29, 1.82) is 0 Å². The van der Waals surface area contributed by atoms with Crippen molar-refractivity contribution in [1.82, 2.24) is 0 Å². The third-order valence-electron chi connectivity index (χ3n) is 2.47. The summed E-state index contributed by atoms with van der Waals surface area (Å²) in [5.74, 6) is -0.932. The standard InChI is InChI=1S/C14H10O2.C4H6O/c15-13(11-7-3-1-4-8-11)14(16)12-9-5-2-6-10-12;1-3-5-4-2/h1-10H;3-4H,1-2H2. The zero-order valence-electron chi connectivity index (χ0n) is 11.6. The fraction of sp³-hybridized carbons (Fsp3) is 0. The molecule has 21 heavy (non-hydrogen) atoms. The Hall–Kier alpha value is -2.94. The van der Waals surface area contributed by atoms with Gasteiger partial charge in [-0.25, -0.2) is 0 Å². The normalized spacial score (nSPS) is 8.76. The predicted octanol–water partition coefficient (Wildman–Crippen LogP) is 4.04. The first-order chi connectivity index (χ1) is 10.2. The highest BCUT2D eigenvalue weighted by molar-refractivity contribution is 6.49. The smallest absolute Gasteiger partial charge is 0.233 e. The maximum atomic E-state index is 11.8. The Balaban J connectivity index is 0.000000383. The maximum Gasteiger partial charge on any atom is 0.233 e. The van der Waals surface area contributed by atoms with E-state index < -0.39 is 11.6 Å². The first-order valence-electron chi connectivity index (χ1n) is 6.27. The molecule has 3 heteroatoms. The summed E-state index contributed by atoms with van der Waals surface area (Å²) < 4.78 is 4.36. The van der Waals surface area contributed by atoms with E-state index in [1.54, 1.807) is 48.5 Å². The van der Waals surface area contributed by atoms with Gasteiger partial charge >= 0.3 is 0 Å². The average Bonchev–Trinajstić information content (AvgIpc) is 2.56. The Labute approximate surface area is 124 Å². The molecule has 106 valence electrons. The number of hydrogen-bond donors (Lipinski definition) is 0. The fourth-order valence-corrected chi connectivity index (χ4v) is 1.51. The van der Waals surface area contributed by atoms with Gasteiger partial charge in [0.2, 0.25) is 11.6 Å². The van der Waals surface area contributed by atoms with E-state index in [0.29, 0.717) is 11.1 Å². The average molecular weight is 280 g/mol. The SMILES string of the molecule is C=COC=C.O=C(C(=O)c1ccccc1)c1ccccc1. The highest BCUT2D eigenvalue weighted by Gasteiger charge is 2.16. The van der Waals surface area contributed by atoms with Gasteiger partial charge in [-0.2, -0.15) is 0 Å². The molecule has 0 radical (unpaired) electrons. The van der Waals surface area contributed by atoms with Crippen molar-refractivity contribution in [3.8, 4) is 0 Å². The Morgan fingerprint density at radius 1 is 0.714 bits per heavy atom. The zero-order valence-corrected chi connectivity index (χ0v) is 11.6. The molecule has 0 saturated carbocycles. The van der Waals surface area contributed by atoms with Gasteiger partial charge in [-0.05, 0) is 0 Å². The molecule has 0 heterocycles. The van der Waals surface area contributed by atoms with Crippen LogP contribution in [-0.2, 0) is 4.74 Å². The van der Waals surface area contributed by atoms with Gasteiger partial charge in [-0.15, -0.1) is 0 Å². The second-order valence-corrected chi connectivity index (χ2v) is 3.86. The van der Waals surface area contributed by atoms with Crippen molar-refractivity contribution < 1.29 is 14.3 Å². The minimum Gasteiger partial charge on any atom is -0.474 e. The molecule has 0 atom stereocenters. The largest absolute Gasteiger partial charge is 0.474 e. The number of carbonyl (C=O) groups is 2. The fourth-order valence-electron chi connectivity index (χ4n) is 1.51. The van der Waals surface area contributed by atoms with Gasteiger partial charge in [0.15, 0.2) is 0 Å². The van der Waals surface area contributed by atoms with E-state index in [9.17, 15) is 9.59 Å². The van der Waals surface area contributed by atoms with Crippen LogP contribution in [0.1, 0.15) is 20.7 Å². The Bertz CT molecular complexity index is 545. The van der Waals surface area contributed by atoms with Gasteiger partial charge in [0.25, 0.3) is 0 Å². The monoisotopic (exact) mass is 280 g/mol.